The molecule has 1 fully saturated rings. The van der Waals surface area contributed by atoms with E-state index in [1.807, 2.05) is 0 Å². The Morgan fingerprint density at radius 3 is 2.75 bits per heavy atom. The molecular formula is C10H19NO4S. The van der Waals surface area contributed by atoms with E-state index < -0.39 is 6.10 Å². The SMILES string of the molecule is COC(=O)C(CSCC(O)CO)NC1CC1. The predicted octanol–water partition coefficient (Wildman–Crippen LogP) is -0.634. The van der Waals surface area contributed by atoms with Crippen molar-refractivity contribution >= 4 is 17.7 Å². The van der Waals surface area contributed by atoms with Crippen molar-refractivity contribution < 1.29 is 19.7 Å². The summed E-state index contributed by atoms with van der Waals surface area (Å²) in [6.45, 7) is -0.244. The number of carbonyl (C=O) groups is 1. The molecule has 2 atom stereocenters. The summed E-state index contributed by atoms with van der Waals surface area (Å²) in [6, 6.07) is 0.126. The summed E-state index contributed by atoms with van der Waals surface area (Å²) in [6.07, 6.45) is 1.50. The molecule has 5 nitrogen and oxygen atoms in total. The fraction of sp³-hybridized carbons (Fsp3) is 0.900. The van der Waals surface area contributed by atoms with Crippen molar-refractivity contribution in [1.29, 1.82) is 0 Å². The van der Waals surface area contributed by atoms with Gasteiger partial charge in [0.05, 0.1) is 19.8 Å². The zero-order chi connectivity index (χ0) is 12.0. The average Bonchev–Trinajstić information content (AvgIpc) is 3.10. The fourth-order valence-corrected chi connectivity index (χ4v) is 2.22. The van der Waals surface area contributed by atoms with Gasteiger partial charge < -0.3 is 20.3 Å². The van der Waals surface area contributed by atoms with Crippen LogP contribution in [0, 0.1) is 0 Å². The number of methoxy groups -OCH3 is 1. The fourth-order valence-electron chi connectivity index (χ4n) is 1.24. The minimum Gasteiger partial charge on any atom is -0.468 e. The van der Waals surface area contributed by atoms with Crippen LogP contribution in [-0.4, -0.2) is 59.6 Å². The minimum atomic E-state index is -0.718. The highest BCUT2D eigenvalue weighted by Crippen LogP contribution is 2.20. The lowest BCUT2D eigenvalue weighted by Crippen LogP contribution is -2.41. The van der Waals surface area contributed by atoms with E-state index in [1.54, 1.807) is 0 Å². The lowest BCUT2D eigenvalue weighted by molar-refractivity contribution is -0.142. The van der Waals surface area contributed by atoms with Gasteiger partial charge in [-0.25, -0.2) is 0 Å². The molecule has 0 amide bonds. The first-order chi connectivity index (χ1) is 7.67. The summed E-state index contributed by atoms with van der Waals surface area (Å²) < 4.78 is 4.70. The largest absolute Gasteiger partial charge is 0.468 e. The van der Waals surface area contributed by atoms with E-state index in [9.17, 15) is 4.79 Å². The number of aliphatic hydroxyl groups excluding tert-OH is 2. The molecule has 6 heteroatoms. The quantitative estimate of drug-likeness (QED) is 0.497. The number of hydrogen-bond acceptors (Lipinski definition) is 6. The third-order valence-electron chi connectivity index (χ3n) is 2.31. The van der Waals surface area contributed by atoms with Gasteiger partial charge in [0.1, 0.15) is 6.04 Å². The van der Waals surface area contributed by atoms with Crippen molar-refractivity contribution in [3.05, 3.63) is 0 Å². The van der Waals surface area contributed by atoms with Gasteiger partial charge in [-0.15, -0.1) is 0 Å². The number of hydrogen-bond donors (Lipinski definition) is 3. The number of thioether (sulfide) groups is 1. The van der Waals surface area contributed by atoms with Gasteiger partial charge in [0.15, 0.2) is 0 Å². The van der Waals surface area contributed by atoms with Gasteiger partial charge in [-0.1, -0.05) is 0 Å². The summed E-state index contributed by atoms with van der Waals surface area (Å²) in [5.74, 6) is 0.717. The molecule has 1 saturated carbocycles. The number of nitrogens with one attached hydrogen (secondary N) is 1. The molecule has 1 aliphatic rings. The second-order valence-corrected chi connectivity index (χ2v) is 4.97. The Morgan fingerprint density at radius 1 is 1.56 bits per heavy atom. The van der Waals surface area contributed by atoms with Gasteiger partial charge in [-0.3, -0.25) is 4.79 Å². The maximum atomic E-state index is 11.4. The number of carbonyl (C=O) groups excluding carboxylic acids is 1. The van der Waals surface area contributed by atoms with Gasteiger partial charge in [0.2, 0.25) is 0 Å². The molecule has 1 aliphatic carbocycles. The van der Waals surface area contributed by atoms with Gasteiger partial charge in [-0.05, 0) is 12.8 Å². The van der Waals surface area contributed by atoms with Crippen molar-refractivity contribution in [3.63, 3.8) is 0 Å². The molecule has 0 saturated heterocycles. The van der Waals surface area contributed by atoms with Crippen LogP contribution in [0.2, 0.25) is 0 Å². The molecule has 0 heterocycles. The van der Waals surface area contributed by atoms with E-state index >= 15 is 0 Å². The van der Waals surface area contributed by atoms with Crippen molar-refractivity contribution in [2.75, 3.05) is 25.2 Å². The highest BCUT2D eigenvalue weighted by atomic mass is 32.2. The summed E-state index contributed by atoms with van der Waals surface area (Å²) in [5, 5.41) is 21.0. The maximum absolute atomic E-state index is 11.4. The van der Waals surface area contributed by atoms with Crippen LogP contribution in [0.15, 0.2) is 0 Å². The summed E-state index contributed by atoms with van der Waals surface area (Å²) >= 11 is 1.43. The summed E-state index contributed by atoms with van der Waals surface area (Å²) in [7, 11) is 1.37. The van der Waals surface area contributed by atoms with Crippen LogP contribution in [-0.2, 0) is 9.53 Å². The Hall–Kier alpha value is -0.300. The van der Waals surface area contributed by atoms with Crippen LogP contribution in [0.25, 0.3) is 0 Å². The summed E-state index contributed by atoms with van der Waals surface area (Å²) in [4.78, 5) is 11.4. The smallest absolute Gasteiger partial charge is 0.323 e. The molecule has 1 rings (SSSR count). The van der Waals surface area contributed by atoms with E-state index in [0.29, 0.717) is 17.5 Å². The van der Waals surface area contributed by atoms with Crippen LogP contribution in [0.1, 0.15) is 12.8 Å². The van der Waals surface area contributed by atoms with Crippen molar-refractivity contribution in [2.24, 2.45) is 0 Å². The van der Waals surface area contributed by atoms with Crippen LogP contribution < -0.4 is 5.32 Å². The van der Waals surface area contributed by atoms with E-state index in [1.165, 1.54) is 18.9 Å². The lowest BCUT2D eigenvalue weighted by atomic mass is 10.3. The third-order valence-corrected chi connectivity index (χ3v) is 3.49. The molecule has 16 heavy (non-hydrogen) atoms. The number of ether oxygens (including phenoxy) is 1. The number of aliphatic hydroxyl groups is 2. The molecule has 0 aromatic carbocycles. The van der Waals surface area contributed by atoms with Crippen LogP contribution >= 0.6 is 11.8 Å². The highest BCUT2D eigenvalue weighted by molar-refractivity contribution is 7.99. The Kier molecular flexibility index (Phi) is 6.12. The number of rotatable bonds is 8. The highest BCUT2D eigenvalue weighted by Gasteiger charge is 2.28. The predicted molar refractivity (Wildman–Crippen MR) is 62.4 cm³/mol. The van der Waals surface area contributed by atoms with Gasteiger partial charge in [0.25, 0.3) is 0 Å². The Labute approximate surface area is 99.6 Å². The first-order valence-corrected chi connectivity index (χ1v) is 6.53. The summed E-state index contributed by atoms with van der Waals surface area (Å²) in [5.41, 5.74) is 0. The van der Waals surface area contributed by atoms with Crippen molar-refractivity contribution in [3.8, 4) is 0 Å². The second kappa shape index (κ2) is 7.11. The van der Waals surface area contributed by atoms with E-state index in [-0.39, 0.29) is 18.6 Å². The maximum Gasteiger partial charge on any atom is 0.323 e. The topological polar surface area (TPSA) is 78.8 Å². The van der Waals surface area contributed by atoms with Crippen LogP contribution in [0.3, 0.4) is 0 Å². The Morgan fingerprint density at radius 2 is 2.25 bits per heavy atom. The first-order valence-electron chi connectivity index (χ1n) is 5.38. The zero-order valence-corrected chi connectivity index (χ0v) is 10.2. The zero-order valence-electron chi connectivity index (χ0n) is 9.39. The monoisotopic (exact) mass is 249 g/mol. The molecular weight excluding hydrogens is 230 g/mol. The molecule has 0 aromatic heterocycles. The van der Waals surface area contributed by atoms with Crippen LogP contribution in [0.5, 0.6) is 0 Å². The minimum absolute atomic E-state index is 0.244. The van der Waals surface area contributed by atoms with E-state index in [0.717, 1.165) is 12.8 Å². The molecule has 0 aromatic rings. The molecule has 0 aliphatic heterocycles. The molecule has 3 N–H and O–H groups in total. The van der Waals surface area contributed by atoms with Gasteiger partial charge in [0, 0.05) is 17.5 Å². The normalized spacial score (nSPS) is 19.2. The van der Waals surface area contributed by atoms with E-state index in [2.05, 4.69) is 5.32 Å². The van der Waals surface area contributed by atoms with Crippen molar-refractivity contribution in [1.82, 2.24) is 5.32 Å². The molecule has 2 unspecified atom stereocenters. The Balaban J connectivity index is 2.23. The molecule has 0 radical (unpaired) electrons. The Bertz CT molecular complexity index is 223. The molecule has 94 valence electrons. The second-order valence-electron chi connectivity index (χ2n) is 3.89. The van der Waals surface area contributed by atoms with Crippen LogP contribution in [0.4, 0.5) is 0 Å². The number of esters is 1. The van der Waals surface area contributed by atoms with Crippen molar-refractivity contribution in [2.45, 2.75) is 31.0 Å². The third kappa shape index (κ3) is 5.16. The lowest BCUT2D eigenvalue weighted by Gasteiger charge is -2.16. The van der Waals surface area contributed by atoms with Gasteiger partial charge >= 0.3 is 5.97 Å². The van der Waals surface area contributed by atoms with Gasteiger partial charge in [-0.2, -0.15) is 11.8 Å². The molecule has 0 spiro atoms. The average molecular weight is 249 g/mol. The molecule has 0 bridgehead atoms. The first kappa shape index (κ1) is 13.8. The van der Waals surface area contributed by atoms with E-state index in [4.69, 9.17) is 14.9 Å². The standard InChI is InChI=1S/C10H19NO4S/c1-15-10(14)9(11-7-2-3-7)6-16-5-8(13)4-12/h7-9,11-13H,2-6H2,1H3.